The summed E-state index contributed by atoms with van der Waals surface area (Å²) >= 11 is 1.37. The minimum absolute atomic E-state index is 0.157. The molecule has 22 heavy (non-hydrogen) atoms. The van der Waals surface area contributed by atoms with Crippen LogP contribution in [0.5, 0.6) is 0 Å². The summed E-state index contributed by atoms with van der Waals surface area (Å²) in [6.45, 7) is 2.32. The highest BCUT2D eigenvalue weighted by atomic mass is 32.1. The molecule has 1 saturated heterocycles. The fourth-order valence-electron chi connectivity index (χ4n) is 2.15. The van der Waals surface area contributed by atoms with E-state index >= 15 is 0 Å². The summed E-state index contributed by atoms with van der Waals surface area (Å²) in [4.78, 5) is 18.2. The van der Waals surface area contributed by atoms with Gasteiger partial charge in [-0.25, -0.2) is 9.78 Å². The first-order chi connectivity index (χ1) is 10.8. The van der Waals surface area contributed by atoms with E-state index in [9.17, 15) is 4.79 Å². The number of nitrogens with one attached hydrogen (secondary N) is 1. The van der Waals surface area contributed by atoms with Crippen molar-refractivity contribution in [3.8, 4) is 17.3 Å². The van der Waals surface area contributed by atoms with Gasteiger partial charge >= 0.3 is 6.03 Å². The molecule has 2 aromatic rings. The Hall–Kier alpha value is -2.43. The van der Waals surface area contributed by atoms with E-state index in [-0.39, 0.29) is 6.03 Å². The molecular weight excluding hydrogens is 300 g/mol. The number of amides is 2. The number of morpholine rings is 1. The van der Waals surface area contributed by atoms with Gasteiger partial charge in [-0.15, -0.1) is 11.3 Å². The molecule has 112 valence electrons. The molecule has 1 aromatic carbocycles. The molecule has 2 amide bonds. The van der Waals surface area contributed by atoms with Gasteiger partial charge in [0, 0.05) is 24.0 Å². The number of nitrogens with zero attached hydrogens (tertiary/aromatic N) is 3. The molecule has 0 bridgehead atoms. The van der Waals surface area contributed by atoms with Crippen molar-refractivity contribution in [1.82, 2.24) is 9.88 Å². The minimum Gasteiger partial charge on any atom is -0.378 e. The van der Waals surface area contributed by atoms with Crippen LogP contribution in [0.1, 0.15) is 5.56 Å². The van der Waals surface area contributed by atoms with Crippen LogP contribution in [-0.2, 0) is 4.74 Å². The first-order valence-electron chi connectivity index (χ1n) is 6.86. The summed E-state index contributed by atoms with van der Waals surface area (Å²) in [6.07, 6.45) is 0. The van der Waals surface area contributed by atoms with Gasteiger partial charge in [0.1, 0.15) is 0 Å². The summed E-state index contributed by atoms with van der Waals surface area (Å²) in [5.74, 6) is 0. The average molecular weight is 314 g/mol. The molecule has 0 aliphatic carbocycles. The van der Waals surface area contributed by atoms with Crippen LogP contribution in [0.3, 0.4) is 0 Å². The van der Waals surface area contributed by atoms with Crippen molar-refractivity contribution in [2.24, 2.45) is 0 Å². The van der Waals surface area contributed by atoms with Crippen molar-refractivity contribution in [1.29, 1.82) is 5.26 Å². The summed E-state index contributed by atoms with van der Waals surface area (Å²) < 4.78 is 5.22. The standard InChI is InChI=1S/C15H14N4O2S/c16-9-11-2-1-3-12(8-11)13-10-22-14(17-13)18-15(20)19-4-6-21-7-5-19/h1-3,8,10H,4-7H2,(H,17,18,20). The zero-order valence-corrected chi connectivity index (χ0v) is 12.6. The van der Waals surface area contributed by atoms with Crippen molar-refractivity contribution < 1.29 is 9.53 Å². The van der Waals surface area contributed by atoms with Gasteiger partial charge in [0.25, 0.3) is 0 Å². The van der Waals surface area contributed by atoms with Crippen molar-refractivity contribution >= 4 is 22.5 Å². The van der Waals surface area contributed by atoms with E-state index < -0.39 is 0 Å². The van der Waals surface area contributed by atoms with Gasteiger partial charge in [0.15, 0.2) is 5.13 Å². The van der Waals surface area contributed by atoms with Crippen LogP contribution in [0.2, 0.25) is 0 Å². The van der Waals surface area contributed by atoms with Crippen LogP contribution in [-0.4, -0.2) is 42.2 Å². The maximum Gasteiger partial charge on any atom is 0.323 e. The van der Waals surface area contributed by atoms with Crippen molar-refractivity contribution in [2.45, 2.75) is 0 Å². The Kier molecular flexibility index (Phi) is 4.32. The second kappa shape index (κ2) is 6.56. The van der Waals surface area contributed by atoms with Gasteiger partial charge in [-0.3, -0.25) is 5.32 Å². The highest BCUT2D eigenvalue weighted by Gasteiger charge is 2.18. The van der Waals surface area contributed by atoms with E-state index in [0.29, 0.717) is 37.0 Å². The van der Waals surface area contributed by atoms with Gasteiger partial charge < -0.3 is 9.64 Å². The van der Waals surface area contributed by atoms with Crippen molar-refractivity contribution in [3.05, 3.63) is 35.2 Å². The lowest BCUT2D eigenvalue weighted by Gasteiger charge is -2.26. The zero-order chi connectivity index (χ0) is 15.4. The Morgan fingerprint density at radius 2 is 2.23 bits per heavy atom. The number of rotatable bonds is 2. The molecule has 3 rings (SSSR count). The van der Waals surface area contributed by atoms with Crippen LogP contribution in [0.4, 0.5) is 9.93 Å². The molecule has 7 heteroatoms. The van der Waals surface area contributed by atoms with E-state index in [1.807, 2.05) is 17.5 Å². The number of benzene rings is 1. The number of nitriles is 1. The monoisotopic (exact) mass is 314 g/mol. The average Bonchev–Trinajstić information content (AvgIpc) is 3.04. The molecule has 0 spiro atoms. The number of ether oxygens (including phenoxy) is 1. The normalized spacial score (nSPS) is 14.4. The Balaban J connectivity index is 1.70. The second-order valence-electron chi connectivity index (χ2n) is 4.76. The Morgan fingerprint density at radius 3 is 3.00 bits per heavy atom. The number of hydrogen-bond donors (Lipinski definition) is 1. The number of thiazole rings is 1. The van der Waals surface area contributed by atoms with Crippen LogP contribution in [0.15, 0.2) is 29.6 Å². The highest BCUT2D eigenvalue weighted by molar-refractivity contribution is 7.14. The lowest BCUT2D eigenvalue weighted by atomic mass is 10.1. The lowest BCUT2D eigenvalue weighted by molar-refractivity contribution is 0.0564. The fraction of sp³-hybridized carbons (Fsp3) is 0.267. The largest absolute Gasteiger partial charge is 0.378 e. The molecule has 1 fully saturated rings. The molecule has 1 aliphatic rings. The molecule has 0 unspecified atom stereocenters. The Bertz CT molecular complexity index is 716. The quantitative estimate of drug-likeness (QED) is 0.924. The van der Waals surface area contributed by atoms with E-state index in [1.54, 1.807) is 17.0 Å². The van der Waals surface area contributed by atoms with Gasteiger partial charge in [0.2, 0.25) is 0 Å². The third kappa shape index (κ3) is 3.24. The van der Waals surface area contributed by atoms with Gasteiger partial charge in [0.05, 0.1) is 30.5 Å². The SMILES string of the molecule is N#Cc1cccc(-c2csc(NC(=O)N3CCOCC3)n2)c1. The maximum absolute atomic E-state index is 12.1. The molecule has 0 atom stereocenters. The molecule has 1 N–H and O–H groups in total. The van der Waals surface area contributed by atoms with Gasteiger partial charge in [-0.2, -0.15) is 5.26 Å². The fourth-order valence-corrected chi connectivity index (χ4v) is 2.86. The molecule has 1 aromatic heterocycles. The number of aromatic nitrogens is 1. The summed E-state index contributed by atoms with van der Waals surface area (Å²) in [5, 5.41) is 14.2. The maximum atomic E-state index is 12.1. The molecule has 0 radical (unpaired) electrons. The third-order valence-electron chi connectivity index (χ3n) is 3.30. The zero-order valence-electron chi connectivity index (χ0n) is 11.8. The Labute approximate surface area is 132 Å². The van der Waals surface area contributed by atoms with E-state index in [1.165, 1.54) is 11.3 Å². The molecule has 1 aliphatic heterocycles. The highest BCUT2D eigenvalue weighted by Crippen LogP contribution is 2.25. The predicted octanol–water partition coefficient (Wildman–Crippen LogP) is 2.55. The van der Waals surface area contributed by atoms with Crippen LogP contribution in [0, 0.1) is 11.3 Å². The van der Waals surface area contributed by atoms with Crippen LogP contribution in [0.25, 0.3) is 11.3 Å². The Morgan fingerprint density at radius 1 is 1.41 bits per heavy atom. The first-order valence-corrected chi connectivity index (χ1v) is 7.74. The van der Waals surface area contributed by atoms with Gasteiger partial charge in [-0.05, 0) is 12.1 Å². The number of carbonyl (C=O) groups is 1. The number of hydrogen-bond acceptors (Lipinski definition) is 5. The summed E-state index contributed by atoms with van der Waals surface area (Å²) in [6, 6.07) is 9.19. The van der Waals surface area contributed by atoms with Crippen LogP contribution >= 0.6 is 11.3 Å². The van der Waals surface area contributed by atoms with Crippen molar-refractivity contribution in [2.75, 3.05) is 31.6 Å². The first kappa shape index (κ1) is 14.5. The number of urea groups is 1. The topological polar surface area (TPSA) is 78.2 Å². The lowest BCUT2D eigenvalue weighted by Crippen LogP contribution is -2.43. The van der Waals surface area contributed by atoms with E-state index in [0.717, 1.165) is 11.3 Å². The number of anilines is 1. The molecule has 6 nitrogen and oxygen atoms in total. The number of carbonyl (C=O) groups excluding carboxylic acids is 1. The second-order valence-corrected chi connectivity index (χ2v) is 5.62. The summed E-state index contributed by atoms with van der Waals surface area (Å²) in [7, 11) is 0. The summed E-state index contributed by atoms with van der Waals surface area (Å²) in [5.41, 5.74) is 2.20. The van der Waals surface area contributed by atoms with Crippen LogP contribution < -0.4 is 5.32 Å². The molecular formula is C15H14N4O2S. The third-order valence-corrected chi connectivity index (χ3v) is 4.06. The van der Waals surface area contributed by atoms with Crippen molar-refractivity contribution in [3.63, 3.8) is 0 Å². The predicted molar refractivity (Wildman–Crippen MR) is 83.7 cm³/mol. The van der Waals surface area contributed by atoms with Gasteiger partial charge in [-0.1, -0.05) is 12.1 Å². The molecule has 2 heterocycles. The minimum atomic E-state index is -0.157. The smallest absolute Gasteiger partial charge is 0.323 e. The molecule has 0 saturated carbocycles. The van der Waals surface area contributed by atoms with E-state index in [4.69, 9.17) is 10.00 Å². The van der Waals surface area contributed by atoms with E-state index in [2.05, 4.69) is 16.4 Å².